The van der Waals surface area contributed by atoms with Crippen LogP contribution in [0.1, 0.15) is 17.5 Å². The van der Waals surface area contributed by atoms with E-state index in [1.165, 1.54) is 0 Å². The molecule has 6 amide bonds. The minimum Gasteiger partial charge on any atom is -0.394 e. The lowest BCUT2D eigenvalue weighted by Gasteiger charge is -2.13. The molecule has 5 rings (SSSR count). The molecule has 2 aromatic carbocycles. The number of fused-ring (bicyclic) bond motifs is 2. The summed E-state index contributed by atoms with van der Waals surface area (Å²) in [5.74, 6) is -3.73. The SMILES string of the molecule is Cn1cc(C2=C(c3cn(CCC(=O)NCC(=O)NCC(=O)N[C@@H](CO)C(N)=O)c4ccccc34)C(=O)NC2=O)c2ccccc21. The minimum absolute atomic E-state index is 0.0109. The Morgan fingerprint density at radius 3 is 2.02 bits per heavy atom. The van der Waals surface area contributed by atoms with Crippen molar-refractivity contribution < 1.29 is 33.9 Å². The lowest BCUT2D eigenvalue weighted by Crippen LogP contribution is -2.50. The fourth-order valence-electron chi connectivity index (χ4n) is 5.32. The number of nitrogens with zero attached hydrogens (tertiary/aromatic N) is 2. The number of aliphatic hydroxyl groups is 1. The number of amides is 6. The topological polar surface area (TPSA) is 207 Å². The Morgan fingerprint density at radius 1 is 0.822 bits per heavy atom. The van der Waals surface area contributed by atoms with Gasteiger partial charge in [-0.1, -0.05) is 36.4 Å². The van der Waals surface area contributed by atoms with Crippen LogP contribution in [0.4, 0.5) is 0 Å². The summed E-state index contributed by atoms with van der Waals surface area (Å²) < 4.78 is 3.72. The van der Waals surface area contributed by atoms with Crippen molar-refractivity contribution in [1.82, 2.24) is 30.4 Å². The second-order valence-corrected chi connectivity index (χ2v) is 10.5. The van der Waals surface area contributed by atoms with Crippen LogP contribution in [0.25, 0.3) is 33.0 Å². The van der Waals surface area contributed by atoms with Gasteiger partial charge in [-0.2, -0.15) is 0 Å². The highest BCUT2D eigenvalue weighted by Gasteiger charge is 2.35. The normalized spacial score (nSPS) is 13.6. The van der Waals surface area contributed by atoms with Gasteiger partial charge in [-0.25, -0.2) is 0 Å². The molecule has 0 spiro atoms. The third kappa shape index (κ3) is 6.31. The van der Waals surface area contributed by atoms with Gasteiger partial charge in [-0.15, -0.1) is 0 Å². The second-order valence-electron chi connectivity index (χ2n) is 10.5. The summed E-state index contributed by atoms with van der Waals surface area (Å²) in [6.45, 7) is -1.36. The molecule has 45 heavy (non-hydrogen) atoms. The number of hydrogen-bond acceptors (Lipinski definition) is 7. The average Bonchev–Trinajstić information content (AvgIpc) is 3.65. The van der Waals surface area contributed by atoms with E-state index in [1.54, 1.807) is 6.20 Å². The summed E-state index contributed by atoms with van der Waals surface area (Å²) >= 11 is 0. The Kier molecular flexibility index (Phi) is 8.76. The summed E-state index contributed by atoms with van der Waals surface area (Å²) in [7, 11) is 1.87. The standard InChI is InChI=1S/C31H31N7O7/c1-37-14-19(17-6-2-4-8-22(17)37)27-28(31(45)36-30(27)44)20-15-38(23-9-5-3-7-18(20)23)11-10-24(40)33-12-25(41)34-13-26(42)35-21(16-39)29(32)43/h2-9,14-15,21,39H,10-13,16H2,1H3,(H2,32,43)(H,33,40)(H,34,41)(H,35,42)(H,36,44,45)/t21-/m0/s1. The number of imide groups is 1. The molecule has 1 atom stereocenters. The van der Waals surface area contributed by atoms with Gasteiger partial charge in [-0.3, -0.25) is 34.1 Å². The van der Waals surface area contributed by atoms with Crippen molar-refractivity contribution in [1.29, 1.82) is 0 Å². The van der Waals surface area contributed by atoms with Crippen LogP contribution in [0, 0.1) is 0 Å². The number of aliphatic hydroxyl groups excluding tert-OH is 1. The number of nitrogens with two attached hydrogens (primary N) is 1. The summed E-state index contributed by atoms with van der Waals surface area (Å²) in [6, 6.07) is 13.7. The van der Waals surface area contributed by atoms with E-state index in [-0.39, 0.29) is 24.1 Å². The molecule has 0 bridgehead atoms. The predicted molar refractivity (Wildman–Crippen MR) is 164 cm³/mol. The van der Waals surface area contributed by atoms with Crippen molar-refractivity contribution in [2.24, 2.45) is 12.8 Å². The van der Waals surface area contributed by atoms with Gasteiger partial charge in [-0.05, 0) is 12.1 Å². The van der Waals surface area contributed by atoms with Crippen LogP contribution in [0.2, 0.25) is 0 Å². The van der Waals surface area contributed by atoms with Crippen molar-refractivity contribution in [2.45, 2.75) is 19.0 Å². The Morgan fingerprint density at radius 2 is 1.38 bits per heavy atom. The van der Waals surface area contributed by atoms with Crippen molar-refractivity contribution in [3.63, 3.8) is 0 Å². The van der Waals surface area contributed by atoms with Gasteiger partial charge in [0, 0.05) is 65.3 Å². The van der Waals surface area contributed by atoms with E-state index in [0.29, 0.717) is 11.1 Å². The molecule has 3 heterocycles. The average molecular weight is 614 g/mol. The number of para-hydroxylation sites is 2. The van der Waals surface area contributed by atoms with Gasteiger partial charge in [0.2, 0.25) is 23.6 Å². The number of benzene rings is 2. The summed E-state index contributed by atoms with van der Waals surface area (Å²) in [5.41, 5.74) is 8.42. The highest BCUT2D eigenvalue weighted by atomic mass is 16.3. The zero-order chi connectivity index (χ0) is 32.2. The summed E-state index contributed by atoms with van der Waals surface area (Å²) in [5, 5.41) is 20.0. The molecule has 0 saturated carbocycles. The molecule has 0 fully saturated rings. The molecule has 14 heteroatoms. The van der Waals surface area contributed by atoms with Crippen LogP contribution in [-0.4, -0.2) is 75.4 Å². The van der Waals surface area contributed by atoms with E-state index < -0.39 is 61.2 Å². The number of rotatable bonds is 12. The molecular formula is C31H31N7O7. The predicted octanol–water partition coefficient (Wildman–Crippen LogP) is -0.715. The first-order valence-electron chi connectivity index (χ1n) is 14.0. The second kappa shape index (κ2) is 12.9. The molecule has 232 valence electrons. The summed E-state index contributed by atoms with van der Waals surface area (Å²) in [6.07, 6.45) is 3.56. The van der Waals surface area contributed by atoms with Crippen molar-refractivity contribution in [3.8, 4) is 0 Å². The lowest BCUT2D eigenvalue weighted by molar-refractivity contribution is -0.129. The van der Waals surface area contributed by atoms with E-state index >= 15 is 0 Å². The zero-order valence-electron chi connectivity index (χ0n) is 24.3. The Balaban J connectivity index is 1.30. The van der Waals surface area contributed by atoms with Crippen LogP contribution < -0.4 is 27.0 Å². The molecule has 4 aromatic rings. The molecule has 0 radical (unpaired) electrons. The molecular weight excluding hydrogens is 582 g/mol. The first-order valence-corrected chi connectivity index (χ1v) is 14.0. The fourth-order valence-corrected chi connectivity index (χ4v) is 5.32. The number of carbonyl (C=O) groups is 6. The number of primary amides is 1. The Bertz CT molecular complexity index is 1900. The monoisotopic (exact) mass is 613 g/mol. The molecule has 0 saturated heterocycles. The zero-order valence-corrected chi connectivity index (χ0v) is 24.3. The number of aryl methyl sites for hydroxylation is 2. The van der Waals surface area contributed by atoms with E-state index in [4.69, 9.17) is 10.8 Å². The maximum atomic E-state index is 13.2. The van der Waals surface area contributed by atoms with Crippen molar-refractivity contribution >= 4 is 68.4 Å². The molecule has 0 unspecified atom stereocenters. The molecule has 0 aliphatic carbocycles. The Labute approximate surface area is 256 Å². The maximum Gasteiger partial charge on any atom is 0.259 e. The molecule has 2 aromatic heterocycles. The van der Waals surface area contributed by atoms with E-state index in [9.17, 15) is 28.8 Å². The quantitative estimate of drug-likeness (QED) is 0.113. The third-order valence-electron chi connectivity index (χ3n) is 7.49. The number of nitrogens with one attached hydrogen (secondary N) is 4. The van der Waals surface area contributed by atoms with Gasteiger partial charge in [0.15, 0.2) is 0 Å². The minimum atomic E-state index is -1.27. The number of carbonyl (C=O) groups excluding carboxylic acids is 6. The van der Waals surface area contributed by atoms with Gasteiger partial charge in [0.05, 0.1) is 30.8 Å². The molecule has 14 nitrogen and oxygen atoms in total. The third-order valence-corrected chi connectivity index (χ3v) is 7.49. The van der Waals surface area contributed by atoms with Gasteiger partial charge in [0.1, 0.15) is 6.04 Å². The van der Waals surface area contributed by atoms with Crippen molar-refractivity contribution in [2.75, 3.05) is 19.7 Å². The highest BCUT2D eigenvalue weighted by molar-refractivity contribution is 6.50. The maximum absolute atomic E-state index is 13.2. The van der Waals surface area contributed by atoms with Crippen LogP contribution in [0.5, 0.6) is 0 Å². The van der Waals surface area contributed by atoms with Gasteiger partial charge in [0.25, 0.3) is 11.8 Å². The van der Waals surface area contributed by atoms with E-state index in [0.717, 1.165) is 21.8 Å². The van der Waals surface area contributed by atoms with Gasteiger partial charge >= 0.3 is 0 Å². The van der Waals surface area contributed by atoms with Crippen LogP contribution in [0.15, 0.2) is 60.9 Å². The Hall–Kier alpha value is -5.76. The van der Waals surface area contributed by atoms with Crippen molar-refractivity contribution in [3.05, 3.63) is 72.1 Å². The lowest BCUT2D eigenvalue weighted by atomic mass is 9.95. The first kappa shape index (κ1) is 30.7. The smallest absolute Gasteiger partial charge is 0.259 e. The van der Waals surface area contributed by atoms with Crippen LogP contribution in [-0.2, 0) is 42.4 Å². The van der Waals surface area contributed by atoms with Gasteiger partial charge < -0.3 is 35.9 Å². The summed E-state index contributed by atoms with van der Waals surface area (Å²) in [4.78, 5) is 74.0. The largest absolute Gasteiger partial charge is 0.394 e. The molecule has 1 aliphatic heterocycles. The van der Waals surface area contributed by atoms with Crippen LogP contribution in [0.3, 0.4) is 0 Å². The number of hydrogen-bond donors (Lipinski definition) is 6. The van der Waals surface area contributed by atoms with E-state index in [1.807, 2.05) is 70.9 Å². The highest BCUT2D eigenvalue weighted by Crippen LogP contribution is 2.38. The van der Waals surface area contributed by atoms with Crippen LogP contribution >= 0.6 is 0 Å². The number of aromatic nitrogens is 2. The first-order chi connectivity index (χ1) is 21.6. The van der Waals surface area contributed by atoms with E-state index in [2.05, 4.69) is 21.3 Å². The molecule has 1 aliphatic rings. The fraction of sp³-hybridized carbons (Fsp3) is 0.226. The molecule has 7 N–H and O–H groups in total.